The molecule has 1 aromatic carbocycles. The summed E-state index contributed by atoms with van der Waals surface area (Å²) in [6.07, 6.45) is 1.02. The van der Waals surface area contributed by atoms with Crippen molar-refractivity contribution in [2.75, 3.05) is 0 Å². The van der Waals surface area contributed by atoms with E-state index in [-0.39, 0.29) is 0 Å². The molecule has 74 valence electrons. The molecule has 0 saturated carbocycles. The number of aliphatic hydroxyl groups is 1. The molecule has 14 heavy (non-hydrogen) atoms. The highest BCUT2D eigenvalue weighted by atomic mass is 16.3. The number of nitrogens with zero attached hydrogens (tertiary/aromatic N) is 1. The summed E-state index contributed by atoms with van der Waals surface area (Å²) in [5, 5.41) is 18.6. The predicted octanol–water partition coefficient (Wildman–Crippen LogP) is 2.56. The van der Waals surface area contributed by atoms with E-state index in [0.29, 0.717) is 12.0 Å². The Balaban J connectivity index is 3.23. The fourth-order valence-electron chi connectivity index (χ4n) is 1.64. The summed E-state index contributed by atoms with van der Waals surface area (Å²) in [6, 6.07) is 7.67. The van der Waals surface area contributed by atoms with E-state index in [9.17, 15) is 5.11 Å². The SMILES string of the molecule is CCc1c(C#N)cccc1C(O)CC. The maximum atomic E-state index is 9.75. The Morgan fingerprint density at radius 1 is 1.43 bits per heavy atom. The topological polar surface area (TPSA) is 44.0 Å². The van der Waals surface area contributed by atoms with Crippen LogP contribution in [0.2, 0.25) is 0 Å². The largest absolute Gasteiger partial charge is 0.388 e. The Morgan fingerprint density at radius 3 is 2.64 bits per heavy atom. The van der Waals surface area contributed by atoms with Crippen LogP contribution in [0.1, 0.15) is 43.1 Å². The van der Waals surface area contributed by atoms with Crippen LogP contribution in [0.5, 0.6) is 0 Å². The van der Waals surface area contributed by atoms with Crippen LogP contribution >= 0.6 is 0 Å². The number of nitriles is 1. The molecule has 0 fully saturated rings. The van der Waals surface area contributed by atoms with Gasteiger partial charge in [-0.3, -0.25) is 0 Å². The van der Waals surface area contributed by atoms with E-state index in [1.165, 1.54) is 0 Å². The van der Waals surface area contributed by atoms with Crippen molar-refractivity contribution in [3.05, 3.63) is 34.9 Å². The first-order valence-corrected chi connectivity index (χ1v) is 4.94. The lowest BCUT2D eigenvalue weighted by Crippen LogP contribution is -2.02. The van der Waals surface area contributed by atoms with Gasteiger partial charge < -0.3 is 5.11 Å². The molecule has 1 rings (SSSR count). The number of hydrogen-bond donors (Lipinski definition) is 1. The van der Waals surface area contributed by atoms with Crippen LogP contribution in [0.25, 0.3) is 0 Å². The Kier molecular flexibility index (Phi) is 3.67. The van der Waals surface area contributed by atoms with Gasteiger partial charge in [-0.25, -0.2) is 0 Å². The lowest BCUT2D eigenvalue weighted by atomic mass is 9.95. The van der Waals surface area contributed by atoms with E-state index in [2.05, 4.69) is 6.07 Å². The number of aliphatic hydroxyl groups excluding tert-OH is 1. The minimum Gasteiger partial charge on any atom is -0.388 e. The molecule has 0 aliphatic rings. The fraction of sp³-hybridized carbons (Fsp3) is 0.417. The van der Waals surface area contributed by atoms with E-state index in [0.717, 1.165) is 17.5 Å². The van der Waals surface area contributed by atoms with Crippen molar-refractivity contribution >= 4 is 0 Å². The Morgan fingerprint density at radius 2 is 2.14 bits per heavy atom. The third-order valence-electron chi connectivity index (χ3n) is 2.43. The van der Waals surface area contributed by atoms with Crippen molar-refractivity contribution in [2.45, 2.75) is 32.8 Å². The average molecular weight is 189 g/mol. The summed E-state index contributed by atoms with van der Waals surface area (Å²) in [6.45, 7) is 3.94. The molecule has 0 spiro atoms. The number of benzene rings is 1. The van der Waals surface area contributed by atoms with Crippen LogP contribution < -0.4 is 0 Å². The molecule has 0 bridgehead atoms. The van der Waals surface area contributed by atoms with Gasteiger partial charge in [0.1, 0.15) is 0 Å². The summed E-state index contributed by atoms with van der Waals surface area (Å²) in [4.78, 5) is 0. The monoisotopic (exact) mass is 189 g/mol. The highest BCUT2D eigenvalue weighted by Gasteiger charge is 2.11. The summed E-state index contributed by atoms with van der Waals surface area (Å²) >= 11 is 0. The van der Waals surface area contributed by atoms with Crippen molar-refractivity contribution in [1.29, 1.82) is 5.26 Å². The summed E-state index contributed by atoms with van der Waals surface area (Å²) < 4.78 is 0. The van der Waals surface area contributed by atoms with E-state index >= 15 is 0 Å². The van der Waals surface area contributed by atoms with Gasteiger partial charge in [0.05, 0.1) is 17.7 Å². The average Bonchev–Trinajstić information content (AvgIpc) is 2.26. The lowest BCUT2D eigenvalue weighted by molar-refractivity contribution is 0.172. The molecular weight excluding hydrogens is 174 g/mol. The Labute approximate surface area is 84.8 Å². The molecule has 0 aliphatic carbocycles. The van der Waals surface area contributed by atoms with Crippen molar-refractivity contribution < 1.29 is 5.11 Å². The van der Waals surface area contributed by atoms with Gasteiger partial charge in [0.15, 0.2) is 0 Å². The molecule has 1 unspecified atom stereocenters. The van der Waals surface area contributed by atoms with Gasteiger partial charge in [0.2, 0.25) is 0 Å². The van der Waals surface area contributed by atoms with E-state index in [4.69, 9.17) is 5.26 Å². The zero-order valence-electron chi connectivity index (χ0n) is 8.62. The number of rotatable bonds is 3. The zero-order valence-corrected chi connectivity index (χ0v) is 8.62. The molecule has 0 heterocycles. The highest BCUT2D eigenvalue weighted by molar-refractivity contribution is 5.43. The smallest absolute Gasteiger partial charge is 0.0994 e. The normalized spacial score (nSPS) is 12.1. The summed E-state index contributed by atoms with van der Waals surface area (Å²) in [7, 11) is 0. The lowest BCUT2D eigenvalue weighted by Gasteiger charge is -2.13. The molecule has 1 aromatic rings. The van der Waals surface area contributed by atoms with Gasteiger partial charge in [-0.2, -0.15) is 5.26 Å². The van der Waals surface area contributed by atoms with Crippen LogP contribution in [0.3, 0.4) is 0 Å². The molecule has 0 amide bonds. The fourth-order valence-corrected chi connectivity index (χ4v) is 1.64. The van der Waals surface area contributed by atoms with Crippen molar-refractivity contribution in [3.8, 4) is 6.07 Å². The van der Waals surface area contributed by atoms with Crippen LogP contribution in [0, 0.1) is 11.3 Å². The maximum Gasteiger partial charge on any atom is 0.0994 e. The van der Waals surface area contributed by atoms with E-state index in [1.807, 2.05) is 26.0 Å². The van der Waals surface area contributed by atoms with Crippen LogP contribution in [-0.2, 0) is 6.42 Å². The molecule has 0 aromatic heterocycles. The minimum atomic E-state index is -0.446. The van der Waals surface area contributed by atoms with Crippen molar-refractivity contribution in [3.63, 3.8) is 0 Å². The molecule has 0 radical (unpaired) electrons. The second-order valence-electron chi connectivity index (χ2n) is 3.26. The van der Waals surface area contributed by atoms with Gasteiger partial charge in [-0.05, 0) is 30.0 Å². The van der Waals surface area contributed by atoms with Crippen LogP contribution in [0.4, 0.5) is 0 Å². The third-order valence-corrected chi connectivity index (χ3v) is 2.43. The van der Waals surface area contributed by atoms with Crippen LogP contribution in [0.15, 0.2) is 18.2 Å². The second-order valence-corrected chi connectivity index (χ2v) is 3.26. The zero-order chi connectivity index (χ0) is 10.6. The van der Waals surface area contributed by atoms with Gasteiger partial charge in [0.25, 0.3) is 0 Å². The first-order chi connectivity index (χ1) is 6.74. The highest BCUT2D eigenvalue weighted by Crippen LogP contribution is 2.23. The van der Waals surface area contributed by atoms with E-state index in [1.54, 1.807) is 6.07 Å². The summed E-state index contributed by atoms with van der Waals surface area (Å²) in [5.74, 6) is 0. The van der Waals surface area contributed by atoms with Gasteiger partial charge in [0, 0.05) is 0 Å². The molecule has 0 aliphatic heterocycles. The van der Waals surface area contributed by atoms with Crippen LogP contribution in [-0.4, -0.2) is 5.11 Å². The molecule has 1 atom stereocenters. The quantitative estimate of drug-likeness (QED) is 0.794. The first-order valence-electron chi connectivity index (χ1n) is 4.94. The Bertz CT molecular complexity index is 352. The van der Waals surface area contributed by atoms with E-state index < -0.39 is 6.10 Å². The molecule has 0 saturated heterocycles. The first kappa shape index (κ1) is 10.7. The molecule has 2 heteroatoms. The molecule has 1 N–H and O–H groups in total. The standard InChI is InChI=1S/C12H15NO/c1-3-10-9(8-13)6-5-7-11(10)12(14)4-2/h5-7,12,14H,3-4H2,1-2H3. The van der Waals surface area contributed by atoms with Crippen molar-refractivity contribution in [2.24, 2.45) is 0 Å². The van der Waals surface area contributed by atoms with Gasteiger partial charge in [-0.1, -0.05) is 26.0 Å². The van der Waals surface area contributed by atoms with Crippen molar-refractivity contribution in [1.82, 2.24) is 0 Å². The summed E-state index contributed by atoms with van der Waals surface area (Å²) in [5.41, 5.74) is 2.55. The Hall–Kier alpha value is -1.33. The molecule has 2 nitrogen and oxygen atoms in total. The second kappa shape index (κ2) is 4.78. The van der Waals surface area contributed by atoms with Gasteiger partial charge >= 0.3 is 0 Å². The maximum absolute atomic E-state index is 9.75. The predicted molar refractivity (Wildman–Crippen MR) is 55.8 cm³/mol. The minimum absolute atomic E-state index is 0.446. The number of hydrogen-bond acceptors (Lipinski definition) is 2. The third kappa shape index (κ3) is 1.94. The molecular formula is C12H15NO. The van der Waals surface area contributed by atoms with Gasteiger partial charge in [-0.15, -0.1) is 0 Å².